The smallest absolute Gasteiger partial charge is 0.336 e. The Balaban J connectivity index is 3.16. The number of aliphatic hydroxyl groups is 1. The van der Waals surface area contributed by atoms with Crippen LogP contribution in [0, 0.1) is 23.0 Å². The number of carbonyl (C=O) groups is 1. The highest BCUT2D eigenvalue weighted by Gasteiger charge is 2.33. The molecule has 21 heavy (non-hydrogen) atoms. The highest BCUT2D eigenvalue weighted by atomic mass is 32.2. The zero-order valence-corrected chi connectivity index (χ0v) is 11.4. The second-order valence-corrected chi connectivity index (χ2v) is 5.99. The molecule has 0 aromatic heterocycles. The number of nitrogens with one attached hydrogen (secondary N) is 1. The zero-order valence-electron chi connectivity index (χ0n) is 10.6. The third-order valence-electron chi connectivity index (χ3n) is 2.46. The van der Waals surface area contributed by atoms with E-state index in [1.807, 2.05) is 0 Å². The zero-order chi connectivity index (χ0) is 16.4. The minimum atomic E-state index is -4.75. The number of nitrogens with zero attached hydrogens (tertiary/aromatic N) is 1. The van der Waals surface area contributed by atoms with Crippen molar-refractivity contribution in [2.45, 2.75) is 17.4 Å². The SMILES string of the molecule is CC(O)(CNS(=O)(=O)c1c(F)cc(C#N)cc1F)C(=O)O. The van der Waals surface area contributed by atoms with Gasteiger partial charge in [-0.3, -0.25) is 0 Å². The molecule has 0 bridgehead atoms. The van der Waals surface area contributed by atoms with Crippen LogP contribution in [-0.4, -0.2) is 36.7 Å². The van der Waals surface area contributed by atoms with Crippen molar-refractivity contribution in [3.05, 3.63) is 29.3 Å². The number of nitriles is 1. The number of rotatable bonds is 5. The normalized spacial score (nSPS) is 14.2. The van der Waals surface area contributed by atoms with Crippen LogP contribution in [0.25, 0.3) is 0 Å². The molecule has 3 N–H and O–H groups in total. The summed E-state index contributed by atoms with van der Waals surface area (Å²) in [4.78, 5) is 9.26. The topological polar surface area (TPSA) is 127 Å². The van der Waals surface area contributed by atoms with E-state index in [0.717, 1.165) is 6.92 Å². The molecule has 114 valence electrons. The first-order valence-electron chi connectivity index (χ1n) is 5.36. The first-order valence-corrected chi connectivity index (χ1v) is 6.84. The molecule has 1 aromatic carbocycles. The molecule has 1 unspecified atom stereocenters. The van der Waals surface area contributed by atoms with Crippen molar-refractivity contribution in [3.8, 4) is 6.07 Å². The van der Waals surface area contributed by atoms with Gasteiger partial charge in [0.05, 0.1) is 18.2 Å². The van der Waals surface area contributed by atoms with Gasteiger partial charge in [-0.1, -0.05) is 0 Å². The van der Waals surface area contributed by atoms with Gasteiger partial charge in [0, 0.05) is 0 Å². The third kappa shape index (κ3) is 3.72. The summed E-state index contributed by atoms with van der Waals surface area (Å²) in [7, 11) is -4.75. The Kier molecular flexibility index (Phi) is 4.62. The number of carboxylic acid groups (broad SMARTS) is 1. The Morgan fingerprint density at radius 1 is 1.43 bits per heavy atom. The van der Waals surface area contributed by atoms with Crippen molar-refractivity contribution in [2.24, 2.45) is 0 Å². The van der Waals surface area contributed by atoms with Crippen molar-refractivity contribution < 1.29 is 32.2 Å². The predicted octanol–water partition coefficient (Wildman–Crippen LogP) is -0.0496. The van der Waals surface area contributed by atoms with Crippen LogP contribution in [0.4, 0.5) is 8.78 Å². The highest BCUT2D eigenvalue weighted by Crippen LogP contribution is 2.20. The van der Waals surface area contributed by atoms with Gasteiger partial charge in [-0.05, 0) is 19.1 Å². The average molecular weight is 320 g/mol. The molecule has 0 spiro atoms. The maximum atomic E-state index is 13.6. The fourth-order valence-electron chi connectivity index (χ4n) is 1.26. The van der Waals surface area contributed by atoms with Gasteiger partial charge in [-0.25, -0.2) is 26.7 Å². The fraction of sp³-hybridized carbons (Fsp3) is 0.273. The van der Waals surface area contributed by atoms with E-state index in [0.29, 0.717) is 12.1 Å². The van der Waals surface area contributed by atoms with Crippen molar-refractivity contribution in [3.63, 3.8) is 0 Å². The molecule has 0 heterocycles. The number of sulfonamides is 1. The Labute approximate surface area is 118 Å². The summed E-state index contributed by atoms with van der Waals surface area (Å²) >= 11 is 0. The summed E-state index contributed by atoms with van der Waals surface area (Å²) in [5, 5.41) is 26.5. The second-order valence-electron chi connectivity index (χ2n) is 4.28. The summed E-state index contributed by atoms with van der Waals surface area (Å²) in [5.74, 6) is -4.73. The molecule has 0 aliphatic heterocycles. The molecule has 7 nitrogen and oxygen atoms in total. The molecule has 0 radical (unpaired) electrons. The minimum absolute atomic E-state index is 0.415. The molecule has 0 aliphatic rings. The lowest BCUT2D eigenvalue weighted by molar-refractivity contribution is -0.155. The number of halogens is 2. The molecule has 1 rings (SSSR count). The molecule has 0 fully saturated rings. The van der Waals surface area contributed by atoms with Gasteiger partial charge in [-0.15, -0.1) is 0 Å². The van der Waals surface area contributed by atoms with Gasteiger partial charge >= 0.3 is 5.97 Å². The molecular weight excluding hydrogens is 310 g/mol. The van der Waals surface area contributed by atoms with Gasteiger partial charge in [0.25, 0.3) is 0 Å². The number of benzene rings is 1. The Bertz CT molecular complexity index is 702. The monoisotopic (exact) mass is 320 g/mol. The van der Waals surface area contributed by atoms with E-state index >= 15 is 0 Å². The van der Waals surface area contributed by atoms with Crippen LogP contribution in [0.15, 0.2) is 17.0 Å². The first-order chi connectivity index (χ1) is 9.51. The van der Waals surface area contributed by atoms with Crippen LogP contribution in [0.2, 0.25) is 0 Å². The lowest BCUT2D eigenvalue weighted by atomic mass is 10.1. The molecule has 0 amide bonds. The molecule has 1 atom stereocenters. The van der Waals surface area contributed by atoms with Crippen LogP contribution in [0.5, 0.6) is 0 Å². The molecular formula is C11H10F2N2O5S. The fourth-order valence-corrected chi connectivity index (χ4v) is 2.51. The first kappa shape index (κ1) is 17.0. The molecule has 0 saturated heterocycles. The van der Waals surface area contributed by atoms with Gasteiger partial charge in [0.2, 0.25) is 10.0 Å². The van der Waals surface area contributed by atoms with Gasteiger partial charge in [0.1, 0.15) is 11.6 Å². The van der Waals surface area contributed by atoms with Crippen LogP contribution in [-0.2, 0) is 14.8 Å². The number of hydrogen-bond acceptors (Lipinski definition) is 5. The molecule has 1 aromatic rings. The van der Waals surface area contributed by atoms with E-state index in [-0.39, 0.29) is 0 Å². The quantitative estimate of drug-likeness (QED) is 0.698. The van der Waals surface area contributed by atoms with Crippen molar-refractivity contribution >= 4 is 16.0 Å². The highest BCUT2D eigenvalue weighted by molar-refractivity contribution is 7.89. The average Bonchev–Trinajstić information content (AvgIpc) is 2.35. The Morgan fingerprint density at radius 2 is 1.90 bits per heavy atom. The van der Waals surface area contributed by atoms with E-state index in [1.54, 1.807) is 4.72 Å². The predicted molar refractivity (Wildman–Crippen MR) is 64.5 cm³/mol. The van der Waals surface area contributed by atoms with Gasteiger partial charge in [0.15, 0.2) is 10.5 Å². The number of aliphatic carboxylic acids is 1. The molecule has 0 aliphatic carbocycles. The summed E-state index contributed by atoms with van der Waals surface area (Å²) in [6, 6.07) is 2.49. The van der Waals surface area contributed by atoms with Crippen LogP contribution >= 0.6 is 0 Å². The van der Waals surface area contributed by atoms with E-state index in [2.05, 4.69) is 0 Å². The Morgan fingerprint density at radius 3 is 2.29 bits per heavy atom. The maximum absolute atomic E-state index is 13.6. The van der Waals surface area contributed by atoms with Gasteiger partial charge < -0.3 is 10.2 Å². The van der Waals surface area contributed by atoms with Crippen molar-refractivity contribution in [1.29, 1.82) is 5.26 Å². The third-order valence-corrected chi connectivity index (χ3v) is 3.92. The summed E-state index contributed by atoms with van der Waals surface area (Å²) in [6.45, 7) is -0.188. The van der Waals surface area contributed by atoms with Crippen molar-refractivity contribution in [1.82, 2.24) is 4.72 Å². The standard InChI is InChI=1S/C11H10F2N2O5S/c1-11(18,10(16)17)5-15-21(19,20)9-7(12)2-6(4-14)3-8(9)13/h2-3,15,18H,5H2,1H3,(H,16,17). The Hall–Kier alpha value is -2.09. The largest absolute Gasteiger partial charge is 0.479 e. The van der Waals surface area contributed by atoms with Crippen LogP contribution < -0.4 is 4.72 Å². The van der Waals surface area contributed by atoms with Crippen molar-refractivity contribution in [2.75, 3.05) is 6.54 Å². The molecule has 10 heteroatoms. The minimum Gasteiger partial charge on any atom is -0.479 e. The summed E-state index contributed by atoms with van der Waals surface area (Å²) in [6.07, 6.45) is 0. The number of carboxylic acids is 1. The lowest BCUT2D eigenvalue weighted by Crippen LogP contribution is -2.46. The summed E-state index contributed by atoms with van der Waals surface area (Å²) in [5.41, 5.74) is -2.87. The second kappa shape index (κ2) is 5.72. The van der Waals surface area contributed by atoms with E-state index in [1.165, 1.54) is 6.07 Å². The maximum Gasteiger partial charge on any atom is 0.336 e. The van der Waals surface area contributed by atoms with Gasteiger partial charge in [-0.2, -0.15) is 5.26 Å². The molecule has 0 saturated carbocycles. The van der Waals surface area contributed by atoms with E-state index in [4.69, 9.17) is 10.4 Å². The van der Waals surface area contributed by atoms with E-state index in [9.17, 15) is 27.1 Å². The number of hydrogen-bond donors (Lipinski definition) is 3. The van der Waals surface area contributed by atoms with E-state index < -0.39 is 50.2 Å². The summed E-state index contributed by atoms with van der Waals surface area (Å²) < 4.78 is 52.3. The van der Waals surface area contributed by atoms with Crippen LogP contribution in [0.1, 0.15) is 12.5 Å². The van der Waals surface area contributed by atoms with Crippen LogP contribution in [0.3, 0.4) is 0 Å². The lowest BCUT2D eigenvalue weighted by Gasteiger charge is -2.18.